The molecule has 0 aliphatic carbocycles. The molecule has 0 amide bonds. The van der Waals surface area contributed by atoms with Crippen LogP contribution in [0, 0.1) is 13.8 Å². The SMILES string of the molecule is Cc1cc(C=Cc2ccc(O)cc2C)ccc1O. The molecule has 0 unspecified atom stereocenters. The summed E-state index contributed by atoms with van der Waals surface area (Å²) < 4.78 is 0. The van der Waals surface area contributed by atoms with Crippen LogP contribution in [0.3, 0.4) is 0 Å². The quantitative estimate of drug-likeness (QED) is 0.782. The minimum absolute atomic E-state index is 0.283. The monoisotopic (exact) mass is 240 g/mol. The lowest BCUT2D eigenvalue weighted by molar-refractivity contribution is 0.471. The molecule has 0 saturated heterocycles. The number of hydrogen-bond acceptors (Lipinski definition) is 2. The maximum absolute atomic E-state index is 9.45. The smallest absolute Gasteiger partial charge is 0.118 e. The predicted octanol–water partition coefficient (Wildman–Crippen LogP) is 3.89. The van der Waals surface area contributed by atoms with Crippen LogP contribution in [0.5, 0.6) is 11.5 Å². The largest absolute Gasteiger partial charge is 0.508 e. The Kier molecular flexibility index (Phi) is 3.38. The van der Waals surface area contributed by atoms with Crippen LogP contribution >= 0.6 is 0 Å². The van der Waals surface area contributed by atoms with Crippen molar-refractivity contribution in [2.75, 3.05) is 0 Å². The van der Waals surface area contributed by atoms with E-state index in [0.29, 0.717) is 5.75 Å². The van der Waals surface area contributed by atoms with Gasteiger partial charge in [0.05, 0.1) is 0 Å². The molecule has 92 valence electrons. The number of phenolic OH excluding ortho intramolecular Hbond substituents is 2. The highest BCUT2D eigenvalue weighted by Gasteiger charge is 1.97. The normalized spacial score (nSPS) is 11.0. The second kappa shape index (κ2) is 4.96. The van der Waals surface area contributed by atoms with E-state index in [1.165, 1.54) is 0 Å². The summed E-state index contributed by atoms with van der Waals surface area (Å²) in [7, 11) is 0. The zero-order valence-electron chi connectivity index (χ0n) is 10.5. The Morgan fingerprint density at radius 1 is 0.833 bits per heavy atom. The standard InChI is InChI=1S/C16H16O2/c1-11-10-15(17)7-6-14(11)5-3-13-4-8-16(18)12(2)9-13/h3-10,17-18H,1-2H3. The molecular formula is C16H16O2. The first-order valence-electron chi connectivity index (χ1n) is 5.83. The molecule has 2 rings (SSSR count). The molecule has 0 atom stereocenters. The van der Waals surface area contributed by atoms with Gasteiger partial charge in [-0.15, -0.1) is 0 Å². The van der Waals surface area contributed by atoms with Crippen LogP contribution in [-0.4, -0.2) is 10.2 Å². The highest BCUT2D eigenvalue weighted by atomic mass is 16.3. The Morgan fingerprint density at radius 3 is 2.28 bits per heavy atom. The van der Waals surface area contributed by atoms with Crippen molar-refractivity contribution in [2.45, 2.75) is 13.8 Å². The number of hydrogen-bond donors (Lipinski definition) is 2. The van der Waals surface area contributed by atoms with Gasteiger partial charge in [-0.2, -0.15) is 0 Å². The van der Waals surface area contributed by atoms with Crippen molar-refractivity contribution in [2.24, 2.45) is 0 Å². The van der Waals surface area contributed by atoms with Crippen molar-refractivity contribution in [3.8, 4) is 11.5 Å². The fourth-order valence-corrected chi connectivity index (χ4v) is 1.82. The first kappa shape index (κ1) is 12.2. The van der Waals surface area contributed by atoms with Crippen LogP contribution in [-0.2, 0) is 0 Å². The molecular weight excluding hydrogens is 224 g/mol. The molecule has 18 heavy (non-hydrogen) atoms. The Morgan fingerprint density at radius 2 is 1.61 bits per heavy atom. The fraction of sp³-hybridized carbons (Fsp3) is 0.125. The molecule has 2 N–H and O–H groups in total. The van der Waals surface area contributed by atoms with Gasteiger partial charge < -0.3 is 10.2 Å². The van der Waals surface area contributed by atoms with Gasteiger partial charge in [0, 0.05) is 0 Å². The molecule has 0 aliphatic rings. The van der Waals surface area contributed by atoms with E-state index in [-0.39, 0.29) is 5.75 Å². The predicted molar refractivity (Wildman–Crippen MR) is 74.6 cm³/mol. The molecule has 2 heteroatoms. The van der Waals surface area contributed by atoms with Gasteiger partial charge in [0.1, 0.15) is 11.5 Å². The second-order valence-corrected chi connectivity index (χ2v) is 4.42. The second-order valence-electron chi connectivity index (χ2n) is 4.42. The lowest BCUT2D eigenvalue weighted by Crippen LogP contribution is -1.80. The van der Waals surface area contributed by atoms with E-state index in [0.717, 1.165) is 22.3 Å². The van der Waals surface area contributed by atoms with E-state index in [9.17, 15) is 10.2 Å². The van der Waals surface area contributed by atoms with Crippen LogP contribution in [0.15, 0.2) is 36.4 Å². The summed E-state index contributed by atoms with van der Waals surface area (Å²) in [6, 6.07) is 10.8. The molecule has 0 aromatic heterocycles. The molecule has 0 aliphatic heterocycles. The summed E-state index contributed by atoms with van der Waals surface area (Å²) in [5.41, 5.74) is 4.00. The van der Waals surface area contributed by atoms with Gasteiger partial charge >= 0.3 is 0 Å². The zero-order valence-corrected chi connectivity index (χ0v) is 10.5. The third-order valence-electron chi connectivity index (χ3n) is 2.93. The highest BCUT2D eigenvalue weighted by molar-refractivity contribution is 5.72. The van der Waals surface area contributed by atoms with E-state index in [2.05, 4.69) is 0 Å². The van der Waals surface area contributed by atoms with Crippen LogP contribution in [0.4, 0.5) is 0 Å². The van der Waals surface area contributed by atoms with Crippen LogP contribution in [0.25, 0.3) is 12.2 Å². The van der Waals surface area contributed by atoms with Crippen molar-refractivity contribution >= 4 is 12.2 Å². The zero-order chi connectivity index (χ0) is 13.1. The fourth-order valence-electron chi connectivity index (χ4n) is 1.82. The number of aromatic hydroxyl groups is 2. The third-order valence-corrected chi connectivity index (χ3v) is 2.93. The minimum Gasteiger partial charge on any atom is -0.508 e. The Hall–Kier alpha value is -2.22. The van der Waals surface area contributed by atoms with Gasteiger partial charge in [-0.3, -0.25) is 0 Å². The topological polar surface area (TPSA) is 40.5 Å². The number of phenols is 2. The molecule has 0 bridgehead atoms. The van der Waals surface area contributed by atoms with Crippen molar-refractivity contribution in [3.05, 3.63) is 58.7 Å². The molecule has 0 saturated carbocycles. The van der Waals surface area contributed by atoms with Gasteiger partial charge in [0.2, 0.25) is 0 Å². The van der Waals surface area contributed by atoms with Gasteiger partial charge in [0.15, 0.2) is 0 Å². The maximum atomic E-state index is 9.45. The van der Waals surface area contributed by atoms with E-state index in [1.54, 1.807) is 18.2 Å². The van der Waals surface area contributed by atoms with Crippen LogP contribution < -0.4 is 0 Å². The molecule has 0 radical (unpaired) electrons. The van der Waals surface area contributed by atoms with E-state index in [1.807, 2.05) is 44.2 Å². The lowest BCUT2D eigenvalue weighted by Gasteiger charge is -2.02. The van der Waals surface area contributed by atoms with E-state index < -0.39 is 0 Å². The summed E-state index contributed by atoms with van der Waals surface area (Å²) in [5, 5.41) is 18.8. The minimum atomic E-state index is 0.283. The summed E-state index contributed by atoms with van der Waals surface area (Å²) in [5.74, 6) is 0.595. The highest BCUT2D eigenvalue weighted by Crippen LogP contribution is 2.20. The summed E-state index contributed by atoms with van der Waals surface area (Å²) >= 11 is 0. The third kappa shape index (κ3) is 2.72. The summed E-state index contributed by atoms with van der Waals surface area (Å²) in [6.45, 7) is 3.83. The van der Waals surface area contributed by atoms with E-state index >= 15 is 0 Å². The van der Waals surface area contributed by atoms with Gasteiger partial charge in [0.25, 0.3) is 0 Å². The maximum Gasteiger partial charge on any atom is 0.118 e. The first-order valence-corrected chi connectivity index (χ1v) is 5.83. The molecule has 2 aromatic rings. The van der Waals surface area contributed by atoms with Gasteiger partial charge in [-0.05, 0) is 60.4 Å². The van der Waals surface area contributed by atoms with Gasteiger partial charge in [-0.25, -0.2) is 0 Å². The number of aryl methyl sites for hydroxylation is 2. The Bertz CT molecular complexity index is 598. The Labute approximate surface area is 107 Å². The molecule has 0 fully saturated rings. The van der Waals surface area contributed by atoms with Crippen molar-refractivity contribution < 1.29 is 10.2 Å². The molecule has 0 heterocycles. The van der Waals surface area contributed by atoms with Gasteiger partial charge in [-0.1, -0.05) is 24.3 Å². The summed E-state index contributed by atoms with van der Waals surface area (Å²) in [4.78, 5) is 0. The summed E-state index contributed by atoms with van der Waals surface area (Å²) in [6.07, 6.45) is 3.99. The number of benzene rings is 2. The molecule has 0 spiro atoms. The Balaban J connectivity index is 2.27. The van der Waals surface area contributed by atoms with Crippen molar-refractivity contribution in [1.29, 1.82) is 0 Å². The lowest BCUT2D eigenvalue weighted by atomic mass is 10.1. The van der Waals surface area contributed by atoms with Crippen LogP contribution in [0.2, 0.25) is 0 Å². The van der Waals surface area contributed by atoms with E-state index in [4.69, 9.17) is 0 Å². The molecule has 2 nitrogen and oxygen atoms in total. The molecule has 2 aromatic carbocycles. The van der Waals surface area contributed by atoms with Crippen molar-refractivity contribution in [3.63, 3.8) is 0 Å². The average Bonchev–Trinajstić information content (AvgIpc) is 2.32. The number of rotatable bonds is 2. The first-order chi connectivity index (χ1) is 8.56. The average molecular weight is 240 g/mol. The van der Waals surface area contributed by atoms with Crippen LogP contribution in [0.1, 0.15) is 22.3 Å². The van der Waals surface area contributed by atoms with Crippen molar-refractivity contribution in [1.82, 2.24) is 0 Å².